The van der Waals surface area contributed by atoms with Gasteiger partial charge in [0.2, 0.25) is 0 Å². The topological polar surface area (TPSA) is 79.3 Å². The van der Waals surface area contributed by atoms with Crippen molar-refractivity contribution < 1.29 is 33.0 Å². The quantitative estimate of drug-likeness (QED) is 0.241. The maximum atomic E-state index is 15.0. The highest BCUT2D eigenvalue weighted by molar-refractivity contribution is 6.51. The third kappa shape index (κ3) is 4.55. The van der Waals surface area contributed by atoms with Crippen LogP contribution in [0.4, 0.5) is 20.2 Å². The number of methoxy groups -OCH3 is 2. The minimum absolute atomic E-state index is 0.0693. The van der Waals surface area contributed by atoms with Gasteiger partial charge in [-0.25, -0.2) is 8.78 Å². The second kappa shape index (κ2) is 10.9. The first-order chi connectivity index (χ1) is 18.3. The SMILES string of the molecule is CCN(CC)c1ccc(C2/C(=C(\O)c3c(OC)cccc3OC)C(=O)C(=O)N2c2ccc(F)cc2F)cc1. The Morgan fingerprint density at radius 1 is 0.947 bits per heavy atom. The predicted octanol–water partition coefficient (Wildman–Crippen LogP) is 5.45. The molecule has 1 fully saturated rings. The van der Waals surface area contributed by atoms with Gasteiger partial charge in [-0.2, -0.15) is 0 Å². The summed E-state index contributed by atoms with van der Waals surface area (Å²) in [7, 11) is 2.78. The zero-order valence-electron chi connectivity index (χ0n) is 21.5. The van der Waals surface area contributed by atoms with Gasteiger partial charge in [-0.05, 0) is 55.8 Å². The summed E-state index contributed by atoms with van der Waals surface area (Å²) in [6, 6.07) is 13.4. The van der Waals surface area contributed by atoms with Gasteiger partial charge in [0.1, 0.15) is 34.5 Å². The molecule has 7 nitrogen and oxygen atoms in total. The van der Waals surface area contributed by atoms with Crippen LogP contribution in [0.3, 0.4) is 0 Å². The first kappa shape index (κ1) is 26.7. The number of anilines is 2. The number of halogens is 2. The number of rotatable bonds is 8. The summed E-state index contributed by atoms with van der Waals surface area (Å²) in [5, 5.41) is 11.5. The fourth-order valence-corrected chi connectivity index (χ4v) is 4.75. The molecule has 1 aliphatic heterocycles. The molecule has 198 valence electrons. The zero-order chi connectivity index (χ0) is 27.6. The van der Waals surface area contributed by atoms with Crippen molar-refractivity contribution in [3.05, 3.63) is 89.0 Å². The number of Topliss-reactive ketones (excluding diaryl/α,β-unsaturated/α-hetero) is 1. The zero-order valence-corrected chi connectivity index (χ0v) is 21.5. The van der Waals surface area contributed by atoms with Crippen molar-refractivity contribution in [1.29, 1.82) is 0 Å². The van der Waals surface area contributed by atoms with E-state index in [1.807, 2.05) is 26.0 Å². The Balaban J connectivity index is 1.99. The molecule has 0 aliphatic carbocycles. The van der Waals surface area contributed by atoms with Crippen molar-refractivity contribution in [2.45, 2.75) is 19.9 Å². The Morgan fingerprint density at radius 2 is 1.55 bits per heavy atom. The van der Waals surface area contributed by atoms with Crippen LogP contribution in [-0.2, 0) is 9.59 Å². The maximum absolute atomic E-state index is 15.0. The predicted molar refractivity (Wildman–Crippen MR) is 141 cm³/mol. The third-order valence-corrected chi connectivity index (χ3v) is 6.62. The summed E-state index contributed by atoms with van der Waals surface area (Å²) >= 11 is 0. The number of hydrogen-bond donors (Lipinski definition) is 1. The molecule has 4 rings (SSSR count). The molecule has 1 aliphatic rings. The molecule has 1 saturated heterocycles. The van der Waals surface area contributed by atoms with Gasteiger partial charge in [0.05, 0.1) is 31.5 Å². The number of aliphatic hydroxyl groups is 1. The largest absolute Gasteiger partial charge is 0.506 e. The average Bonchev–Trinajstić information content (AvgIpc) is 3.18. The van der Waals surface area contributed by atoms with Gasteiger partial charge in [-0.15, -0.1) is 0 Å². The second-order valence-electron chi connectivity index (χ2n) is 8.57. The van der Waals surface area contributed by atoms with Crippen LogP contribution in [0, 0.1) is 11.6 Å². The van der Waals surface area contributed by atoms with Crippen molar-refractivity contribution in [2.24, 2.45) is 0 Å². The van der Waals surface area contributed by atoms with Crippen LogP contribution < -0.4 is 19.3 Å². The first-order valence-electron chi connectivity index (χ1n) is 12.1. The summed E-state index contributed by atoms with van der Waals surface area (Å²) < 4.78 is 39.5. The van der Waals surface area contributed by atoms with Gasteiger partial charge in [-0.1, -0.05) is 18.2 Å². The number of nitrogens with zero attached hydrogens (tertiary/aromatic N) is 2. The van der Waals surface area contributed by atoms with Crippen LogP contribution >= 0.6 is 0 Å². The van der Waals surface area contributed by atoms with Crippen molar-refractivity contribution in [3.8, 4) is 11.5 Å². The van der Waals surface area contributed by atoms with Gasteiger partial charge in [0.15, 0.2) is 0 Å². The Bertz CT molecular complexity index is 1380. The van der Waals surface area contributed by atoms with Crippen molar-refractivity contribution in [2.75, 3.05) is 37.1 Å². The normalized spacial score (nSPS) is 16.6. The van der Waals surface area contributed by atoms with E-state index in [9.17, 15) is 23.5 Å². The van der Waals surface area contributed by atoms with Crippen LogP contribution in [0.2, 0.25) is 0 Å². The number of ketones is 1. The van der Waals surface area contributed by atoms with Crippen LogP contribution in [0.25, 0.3) is 5.76 Å². The van der Waals surface area contributed by atoms with E-state index in [2.05, 4.69) is 4.90 Å². The van der Waals surface area contributed by atoms with E-state index in [0.717, 1.165) is 35.8 Å². The Morgan fingerprint density at radius 3 is 2.08 bits per heavy atom. The molecule has 1 unspecified atom stereocenters. The second-order valence-corrected chi connectivity index (χ2v) is 8.57. The van der Waals surface area contributed by atoms with Crippen LogP contribution in [0.1, 0.15) is 31.0 Å². The van der Waals surface area contributed by atoms with E-state index < -0.39 is 35.1 Å². The summed E-state index contributed by atoms with van der Waals surface area (Å²) in [5.74, 6) is -4.08. The smallest absolute Gasteiger partial charge is 0.300 e. The Hall–Kier alpha value is -4.40. The number of hydrogen-bond acceptors (Lipinski definition) is 6. The van der Waals surface area contributed by atoms with E-state index >= 15 is 0 Å². The number of carbonyl (C=O) groups excluding carboxylic acids is 2. The van der Waals surface area contributed by atoms with Gasteiger partial charge >= 0.3 is 0 Å². The monoisotopic (exact) mass is 522 g/mol. The van der Waals surface area contributed by atoms with Gasteiger partial charge in [0, 0.05) is 24.8 Å². The Kier molecular flexibility index (Phi) is 7.66. The van der Waals surface area contributed by atoms with Gasteiger partial charge in [0.25, 0.3) is 11.7 Å². The van der Waals surface area contributed by atoms with Crippen LogP contribution in [-0.4, -0.2) is 44.1 Å². The highest BCUT2D eigenvalue weighted by Gasteiger charge is 2.48. The molecule has 38 heavy (non-hydrogen) atoms. The number of ether oxygens (including phenoxy) is 2. The highest BCUT2D eigenvalue weighted by atomic mass is 19.1. The summed E-state index contributed by atoms with van der Waals surface area (Å²) in [6.45, 7) is 5.57. The molecular formula is C29H28F2N2O5. The van der Waals surface area contributed by atoms with E-state index in [1.54, 1.807) is 30.3 Å². The fraction of sp³-hybridized carbons (Fsp3) is 0.241. The number of amides is 1. The lowest BCUT2D eigenvalue weighted by molar-refractivity contribution is -0.132. The lowest BCUT2D eigenvalue weighted by Crippen LogP contribution is -2.30. The van der Waals surface area contributed by atoms with Crippen LogP contribution in [0.15, 0.2) is 66.2 Å². The van der Waals surface area contributed by atoms with E-state index in [-0.39, 0.29) is 28.3 Å². The first-order valence-corrected chi connectivity index (χ1v) is 12.1. The van der Waals surface area contributed by atoms with E-state index in [4.69, 9.17) is 9.47 Å². The summed E-state index contributed by atoms with van der Waals surface area (Å²) in [5.41, 5.74) is 0.851. The standard InChI is InChI=1S/C29H28F2N2O5/c1-5-32(6-2)19-13-10-17(11-14-19)26-25(27(34)24-22(37-3)8-7-9-23(24)38-4)28(35)29(36)33(26)21-15-12-18(30)16-20(21)31/h7-16,26,34H,5-6H2,1-4H3/b27-25+. The minimum Gasteiger partial charge on any atom is -0.506 e. The molecule has 0 radical (unpaired) electrons. The average molecular weight is 523 g/mol. The van der Waals surface area contributed by atoms with Crippen molar-refractivity contribution in [3.63, 3.8) is 0 Å². The molecule has 3 aromatic rings. The summed E-state index contributed by atoms with van der Waals surface area (Å²) in [6.07, 6.45) is 0. The van der Waals surface area contributed by atoms with Crippen molar-refractivity contribution >= 4 is 28.8 Å². The molecular weight excluding hydrogens is 494 g/mol. The van der Waals surface area contributed by atoms with Gasteiger partial charge in [-0.3, -0.25) is 14.5 Å². The molecule has 0 bridgehead atoms. The lowest BCUT2D eigenvalue weighted by atomic mass is 9.94. The number of benzene rings is 3. The lowest BCUT2D eigenvalue weighted by Gasteiger charge is -2.27. The van der Waals surface area contributed by atoms with Crippen LogP contribution in [0.5, 0.6) is 11.5 Å². The minimum atomic E-state index is -1.21. The van der Waals surface area contributed by atoms with Gasteiger partial charge < -0.3 is 19.5 Å². The molecule has 1 N–H and O–H groups in total. The number of carbonyl (C=O) groups is 2. The maximum Gasteiger partial charge on any atom is 0.300 e. The molecule has 0 spiro atoms. The van der Waals surface area contributed by atoms with Crippen molar-refractivity contribution in [1.82, 2.24) is 0 Å². The molecule has 1 amide bonds. The third-order valence-electron chi connectivity index (χ3n) is 6.62. The number of aliphatic hydroxyl groups excluding tert-OH is 1. The molecule has 9 heteroatoms. The fourth-order valence-electron chi connectivity index (χ4n) is 4.75. The molecule has 1 atom stereocenters. The molecule has 3 aromatic carbocycles. The molecule has 0 saturated carbocycles. The van der Waals surface area contributed by atoms with E-state index in [1.165, 1.54) is 14.2 Å². The summed E-state index contributed by atoms with van der Waals surface area (Å²) in [4.78, 5) is 29.8. The Labute approximate surface area is 219 Å². The highest BCUT2D eigenvalue weighted by Crippen LogP contribution is 2.45. The van der Waals surface area contributed by atoms with E-state index in [0.29, 0.717) is 11.6 Å². The molecule has 0 aromatic heterocycles. The molecule has 1 heterocycles.